The van der Waals surface area contributed by atoms with Gasteiger partial charge >= 0.3 is 11.7 Å². The molecular formula is C17H22F2N4O4S. The molecule has 0 atom stereocenters. The van der Waals surface area contributed by atoms with Crippen LogP contribution in [0.15, 0.2) is 9.59 Å². The number of thiophene rings is 1. The topological polar surface area (TPSA) is 85.6 Å². The van der Waals surface area contributed by atoms with E-state index < -0.39 is 24.2 Å². The summed E-state index contributed by atoms with van der Waals surface area (Å²) in [7, 11) is 0. The Morgan fingerprint density at radius 3 is 2.61 bits per heavy atom. The lowest BCUT2D eigenvalue weighted by atomic mass is 10.2. The van der Waals surface area contributed by atoms with Crippen LogP contribution in [-0.2, 0) is 24.4 Å². The van der Waals surface area contributed by atoms with Crippen LogP contribution < -0.4 is 16.6 Å². The van der Waals surface area contributed by atoms with E-state index in [9.17, 15) is 23.2 Å². The molecule has 0 saturated carbocycles. The van der Waals surface area contributed by atoms with Crippen molar-refractivity contribution in [3.63, 3.8) is 0 Å². The molecule has 28 heavy (non-hydrogen) atoms. The van der Waals surface area contributed by atoms with E-state index in [0.29, 0.717) is 41.2 Å². The molecule has 1 saturated heterocycles. The maximum absolute atomic E-state index is 13.0. The summed E-state index contributed by atoms with van der Waals surface area (Å²) < 4.78 is 33.1. The second kappa shape index (κ2) is 8.39. The summed E-state index contributed by atoms with van der Waals surface area (Å²) in [5.41, 5.74) is -0.888. The minimum absolute atomic E-state index is 0.149. The first-order valence-electron chi connectivity index (χ1n) is 8.99. The number of amides is 2. The smallest absolute Gasteiger partial charge is 0.332 e. The summed E-state index contributed by atoms with van der Waals surface area (Å²) in [6.45, 7) is 4.77. The molecule has 8 nitrogen and oxygen atoms in total. The summed E-state index contributed by atoms with van der Waals surface area (Å²) in [5.74, 6) is 0. The van der Waals surface area contributed by atoms with Gasteiger partial charge < -0.3 is 15.0 Å². The minimum atomic E-state index is -2.82. The van der Waals surface area contributed by atoms with Crippen molar-refractivity contribution in [1.29, 1.82) is 0 Å². The lowest BCUT2D eigenvalue weighted by Gasteiger charge is -2.12. The number of alkyl halides is 2. The number of nitrogens with one attached hydrogen (secondary N) is 1. The number of urea groups is 1. The van der Waals surface area contributed by atoms with Crippen LogP contribution in [0.1, 0.15) is 17.4 Å². The van der Waals surface area contributed by atoms with Crippen molar-refractivity contribution in [1.82, 2.24) is 19.4 Å². The number of aryl methyl sites for hydroxylation is 1. The van der Waals surface area contributed by atoms with E-state index in [0.717, 1.165) is 4.88 Å². The molecule has 1 aliphatic heterocycles. The van der Waals surface area contributed by atoms with E-state index in [1.54, 1.807) is 11.8 Å². The van der Waals surface area contributed by atoms with Crippen LogP contribution in [0, 0.1) is 6.92 Å². The maximum atomic E-state index is 13.0. The van der Waals surface area contributed by atoms with Gasteiger partial charge in [0.05, 0.1) is 31.6 Å². The van der Waals surface area contributed by atoms with Crippen LogP contribution in [0.5, 0.6) is 0 Å². The van der Waals surface area contributed by atoms with Gasteiger partial charge in [0.1, 0.15) is 4.83 Å². The van der Waals surface area contributed by atoms with Crippen LogP contribution in [0.3, 0.4) is 0 Å². The third kappa shape index (κ3) is 3.81. The number of nitrogens with zero attached hydrogens (tertiary/aromatic N) is 3. The van der Waals surface area contributed by atoms with Crippen molar-refractivity contribution < 1.29 is 18.3 Å². The van der Waals surface area contributed by atoms with Crippen molar-refractivity contribution in [3.8, 4) is 0 Å². The van der Waals surface area contributed by atoms with Crippen LogP contribution in [0.2, 0.25) is 0 Å². The van der Waals surface area contributed by atoms with Crippen LogP contribution in [0.25, 0.3) is 10.2 Å². The zero-order valence-corrected chi connectivity index (χ0v) is 16.5. The highest BCUT2D eigenvalue weighted by molar-refractivity contribution is 7.18. The normalized spacial score (nSPS) is 14.5. The van der Waals surface area contributed by atoms with E-state index >= 15 is 0 Å². The van der Waals surface area contributed by atoms with Crippen LogP contribution in [0.4, 0.5) is 13.6 Å². The minimum Gasteiger partial charge on any atom is -0.380 e. The molecule has 3 rings (SSSR count). The zero-order chi connectivity index (χ0) is 20.4. The summed E-state index contributed by atoms with van der Waals surface area (Å²) >= 11 is 1.24. The van der Waals surface area contributed by atoms with E-state index in [-0.39, 0.29) is 24.6 Å². The quantitative estimate of drug-likeness (QED) is 0.659. The molecule has 0 aromatic carbocycles. The lowest BCUT2D eigenvalue weighted by molar-refractivity contribution is 0.121. The second-order valence-electron chi connectivity index (χ2n) is 6.42. The summed E-state index contributed by atoms with van der Waals surface area (Å²) in [5, 5.41) is 2.96. The number of hydrogen-bond donors (Lipinski definition) is 1. The van der Waals surface area contributed by atoms with Crippen LogP contribution >= 0.6 is 11.3 Å². The van der Waals surface area contributed by atoms with Crippen molar-refractivity contribution in [3.05, 3.63) is 31.3 Å². The molecule has 1 N–H and O–H groups in total. The average molecular weight is 416 g/mol. The van der Waals surface area contributed by atoms with Gasteiger partial charge in [0, 0.05) is 24.6 Å². The van der Waals surface area contributed by atoms with Gasteiger partial charge in [-0.05, 0) is 19.4 Å². The Labute approximate surface area is 163 Å². The Balaban J connectivity index is 2.14. The Morgan fingerprint density at radius 2 is 2.00 bits per heavy atom. The highest BCUT2D eigenvalue weighted by atomic mass is 32.1. The van der Waals surface area contributed by atoms with Crippen molar-refractivity contribution >= 4 is 27.6 Å². The van der Waals surface area contributed by atoms with E-state index in [4.69, 9.17) is 4.74 Å². The fraction of sp³-hybridized carbons (Fsp3) is 0.588. The number of ether oxygens (including phenoxy) is 1. The number of carbonyl (C=O) groups is 1. The van der Waals surface area contributed by atoms with Gasteiger partial charge in [-0.25, -0.2) is 18.4 Å². The number of hydrogen-bond acceptors (Lipinski definition) is 5. The SMILES string of the molecule is CCOCCn1c(=O)n(CC(F)F)c(=O)c2c(C)c(CN3CCNC3=O)sc21. The molecule has 0 bridgehead atoms. The molecule has 0 aliphatic carbocycles. The molecule has 3 heterocycles. The first kappa shape index (κ1) is 20.5. The molecule has 0 spiro atoms. The summed E-state index contributed by atoms with van der Waals surface area (Å²) in [4.78, 5) is 40.1. The predicted molar refractivity (Wildman–Crippen MR) is 101 cm³/mol. The van der Waals surface area contributed by atoms with Gasteiger partial charge in [-0.3, -0.25) is 13.9 Å². The highest BCUT2D eigenvalue weighted by Crippen LogP contribution is 2.29. The molecule has 1 fully saturated rings. The molecule has 0 unspecified atom stereocenters. The maximum Gasteiger partial charge on any atom is 0.332 e. The van der Waals surface area contributed by atoms with Gasteiger partial charge in [-0.1, -0.05) is 0 Å². The van der Waals surface area contributed by atoms with Crippen molar-refractivity contribution in [2.75, 3.05) is 26.3 Å². The van der Waals surface area contributed by atoms with Crippen LogP contribution in [-0.4, -0.2) is 52.8 Å². The molecule has 2 aromatic rings. The Kier molecular flexibility index (Phi) is 6.14. The zero-order valence-electron chi connectivity index (χ0n) is 15.7. The van der Waals surface area contributed by atoms with Gasteiger partial charge in [0.15, 0.2) is 0 Å². The summed E-state index contributed by atoms with van der Waals surface area (Å²) in [6, 6.07) is -0.194. The monoisotopic (exact) mass is 416 g/mol. The fourth-order valence-electron chi connectivity index (χ4n) is 3.22. The van der Waals surface area contributed by atoms with Gasteiger partial charge in [0.2, 0.25) is 0 Å². The molecule has 2 amide bonds. The van der Waals surface area contributed by atoms with E-state index in [2.05, 4.69) is 5.32 Å². The number of aromatic nitrogens is 2. The van der Waals surface area contributed by atoms with E-state index in [1.807, 2.05) is 6.92 Å². The number of rotatable bonds is 8. The van der Waals surface area contributed by atoms with Gasteiger partial charge in [-0.2, -0.15) is 0 Å². The van der Waals surface area contributed by atoms with Crippen molar-refractivity contribution in [2.45, 2.75) is 39.9 Å². The largest absolute Gasteiger partial charge is 0.380 e. The lowest BCUT2D eigenvalue weighted by Crippen LogP contribution is -2.41. The van der Waals surface area contributed by atoms with Gasteiger partial charge in [-0.15, -0.1) is 11.3 Å². The molecule has 11 heteroatoms. The number of carbonyl (C=O) groups excluding carboxylic acids is 1. The number of fused-ring (bicyclic) bond motifs is 1. The first-order chi connectivity index (χ1) is 13.3. The number of halogens is 2. The molecule has 154 valence electrons. The Bertz CT molecular complexity index is 998. The predicted octanol–water partition coefficient (Wildman–Crippen LogP) is 1.36. The third-order valence-electron chi connectivity index (χ3n) is 4.66. The third-order valence-corrected chi connectivity index (χ3v) is 5.96. The van der Waals surface area contributed by atoms with E-state index in [1.165, 1.54) is 15.9 Å². The molecule has 0 radical (unpaired) electrons. The fourth-order valence-corrected chi connectivity index (χ4v) is 4.55. The Hall–Kier alpha value is -2.27. The average Bonchev–Trinajstić information content (AvgIpc) is 3.19. The standard InChI is InChI=1S/C17H22F2N4O4S/c1-3-27-7-6-22-15-13(14(24)23(17(22)26)9-12(18)19)10(2)11(28-15)8-21-5-4-20-16(21)25/h12H,3-9H2,1-2H3,(H,20,25). The molecule has 1 aliphatic rings. The van der Waals surface area contributed by atoms with Crippen molar-refractivity contribution in [2.24, 2.45) is 0 Å². The first-order valence-corrected chi connectivity index (χ1v) is 9.81. The van der Waals surface area contributed by atoms with Gasteiger partial charge in [0.25, 0.3) is 12.0 Å². The summed E-state index contributed by atoms with van der Waals surface area (Å²) in [6.07, 6.45) is -2.82. The highest BCUT2D eigenvalue weighted by Gasteiger charge is 2.25. The molecule has 2 aromatic heterocycles. The molecular weight excluding hydrogens is 394 g/mol. The Morgan fingerprint density at radius 1 is 1.25 bits per heavy atom. The second-order valence-corrected chi connectivity index (χ2v) is 7.51.